The molecule has 1 aliphatic carbocycles. The van der Waals surface area contributed by atoms with E-state index in [0.717, 1.165) is 13.0 Å². The van der Waals surface area contributed by atoms with Crippen LogP contribution < -0.4 is 5.32 Å². The standard InChI is InChI=1S/C17H27N/c1-4-13-11-12-14(5-2)17-15(13)9-7-8-10-16(17)18-6-3/h11-12,16,18H,4-10H2,1-3H3. The molecule has 0 spiro atoms. The molecule has 1 aromatic carbocycles. The molecule has 1 unspecified atom stereocenters. The van der Waals surface area contributed by atoms with Crippen LogP contribution in [0.2, 0.25) is 0 Å². The summed E-state index contributed by atoms with van der Waals surface area (Å²) in [6, 6.07) is 5.33. The van der Waals surface area contributed by atoms with E-state index in [-0.39, 0.29) is 0 Å². The highest BCUT2D eigenvalue weighted by Gasteiger charge is 2.22. The predicted molar refractivity (Wildman–Crippen MR) is 79.2 cm³/mol. The quantitative estimate of drug-likeness (QED) is 0.784. The first-order chi connectivity index (χ1) is 8.81. The molecule has 0 aliphatic heterocycles. The molecule has 0 radical (unpaired) electrons. The van der Waals surface area contributed by atoms with Crippen molar-refractivity contribution in [1.29, 1.82) is 0 Å². The molecule has 0 amide bonds. The van der Waals surface area contributed by atoms with Crippen molar-refractivity contribution < 1.29 is 0 Å². The maximum atomic E-state index is 3.71. The average molecular weight is 245 g/mol. The summed E-state index contributed by atoms with van der Waals surface area (Å²) < 4.78 is 0. The molecule has 0 aromatic heterocycles. The Bertz CT molecular complexity index is 395. The number of benzene rings is 1. The van der Waals surface area contributed by atoms with Crippen molar-refractivity contribution >= 4 is 0 Å². The summed E-state index contributed by atoms with van der Waals surface area (Å²) in [5.74, 6) is 0. The highest BCUT2D eigenvalue weighted by atomic mass is 14.9. The molecule has 1 atom stereocenters. The third-order valence-corrected chi connectivity index (χ3v) is 4.27. The molecule has 1 N–H and O–H groups in total. The second-order valence-corrected chi connectivity index (χ2v) is 5.34. The lowest BCUT2D eigenvalue weighted by Gasteiger charge is -2.23. The van der Waals surface area contributed by atoms with E-state index in [9.17, 15) is 0 Å². The van der Waals surface area contributed by atoms with Gasteiger partial charge in [-0.15, -0.1) is 0 Å². The molecular formula is C17H27N. The smallest absolute Gasteiger partial charge is 0.0325 e. The number of nitrogens with one attached hydrogen (secondary N) is 1. The molecule has 0 fully saturated rings. The van der Waals surface area contributed by atoms with Crippen LogP contribution in [-0.4, -0.2) is 6.54 Å². The summed E-state index contributed by atoms with van der Waals surface area (Å²) in [6.07, 6.45) is 7.64. The fourth-order valence-electron chi connectivity index (χ4n) is 3.37. The third kappa shape index (κ3) is 2.61. The summed E-state index contributed by atoms with van der Waals surface area (Å²) in [5.41, 5.74) is 6.46. The van der Waals surface area contributed by atoms with Gasteiger partial charge in [-0.2, -0.15) is 0 Å². The lowest BCUT2D eigenvalue weighted by atomic mass is 9.88. The number of fused-ring (bicyclic) bond motifs is 1. The van der Waals surface area contributed by atoms with E-state index in [1.807, 2.05) is 0 Å². The summed E-state index contributed by atoms with van der Waals surface area (Å²) in [7, 11) is 0. The van der Waals surface area contributed by atoms with Gasteiger partial charge in [0.05, 0.1) is 0 Å². The van der Waals surface area contributed by atoms with Crippen molar-refractivity contribution in [2.45, 2.75) is 65.3 Å². The Kier molecular flexibility index (Phi) is 4.82. The monoisotopic (exact) mass is 245 g/mol. The lowest BCUT2D eigenvalue weighted by Crippen LogP contribution is -2.22. The lowest BCUT2D eigenvalue weighted by molar-refractivity contribution is 0.501. The molecule has 1 nitrogen and oxygen atoms in total. The van der Waals surface area contributed by atoms with E-state index in [1.165, 1.54) is 32.1 Å². The van der Waals surface area contributed by atoms with Gasteiger partial charge in [0.1, 0.15) is 0 Å². The van der Waals surface area contributed by atoms with E-state index in [0.29, 0.717) is 6.04 Å². The van der Waals surface area contributed by atoms with Crippen LogP contribution in [0.5, 0.6) is 0 Å². The second kappa shape index (κ2) is 6.38. The SMILES string of the molecule is CCNC1CCCCc2c(CC)ccc(CC)c21. The van der Waals surface area contributed by atoms with Gasteiger partial charge in [-0.25, -0.2) is 0 Å². The van der Waals surface area contributed by atoms with Gasteiger partial charge in [-0.05, 0) is 60.9 Å². The van der Waals surface area contributed by atoms with Crippen molar-refractivity contribution in [3.8, 4) is 0 Å². The summed E-state index contributed by atoms with van der Waals surface area (Å²) >= 11 is 0. The van der Waals surface area contributed by atoms with Crippen molar-refractivity contribution in [2.24, 2.45) is 0 Å². The normalized spacial score (nSPS) is 19.4. The fourth-order valence-corrected chi connectivity index (χ4v) is 3.37. The molecule has 0 saturated carbocycles. The van der Waals surface area contributed by atoms with Crippen LogP contribution in [0.1, 0.15) is 68.3 Å². The Morgan fingerprint density at radius 1 is 1.06 bits per heavy atom. The maximum absolute atomic E-state index is 3.71. The van der Waals surface area contributed by atoms with E-state index in [1.54, 1.807) is 22.3 Å². The zero-order valence-electron chi connectivity index (χ0n) is 12.2. The van der Waals surface area contributed by atoms with Gasteiger partial charge >= 0.3 is 0 Å². The molecule has 100 valence electrons. The van der Waals surface area contributed by atoms with Gasteiger partial charge in [0, 0.05) is 6.04 Å². The van der Waals surface area contributed by atoms with Gasteiger partial charge in [-0.1, -0.05) is 39.3 Å². The van der Waals surface area contributed by atoms with Crippen LogP contribution in [0.4, 0.5) is 0 Å². The first kappa shape index (κ1) is 13.6. The average Bonchev–Trinajstić information content (AvgIpc) is 2.61. The molecule has 1 heteroatoms. The number of rotatable bonds is 4. The number of aryl methyl sites for hydroxylation is 2. The van der Waals surface area contributed by atoms with Crippen LogP contribution in [0.15, 0.2) is 12.1 Å². The van der Waals surface area contributed by atoms with E-state index < -0.39 is 0 Å². The van der Waals surface area contributed by atoms with E-state index >= 15 is 0 Å². The van der Waals surface area contributed by atoms with Crippen molar-refractivity contribution in [3.63, 3.8) is 0 Å². The number of hydrogen-bond donors (Lipinski definition) is 1. The van der Waals surface area contributed by atoms with Crippen molar-refractivity contribution in [1.82, 2.24) is 5.32 Å². The highest BCUT2D eigenvalue weighted by molar-refractivity contribution is 5.44. The minimum absolute atomic E-state index is 0.592. The van der Waals surface area contributed by atoms with Crippen molar-refractivity contribution in [2.75, 3.05) is 6.54 Å². The molecule has 1 aromatic rings. The topological polar surface area (TPSA) is 12.0 Å². The predicted octanol–water partition coefficient (Wildman–Crippen LogP) is 4.19. The first-order valence-electron chi connectivity index (χ1n) is 7.68. The minimum atomic E-state index is 0.592. The fraction of sp³-hybridized carbons (Fsp3) is 0.647. The van der Waals surface area contributed by atoms with Crippen LogP contribution in [-0.2, 0) is 19.3 Å². The summed E-state index contributed by atoms with van der Waals surface area (Å²) in [6.45, 7) is 7.87. The van der Waals surface area contributed by atoms with Gasteiger partial charge in [0.15, 0.2) is 0 Å². The zero-order chi connectivity index (χ0) is 13.0. The molecule has 0 saturated heterocycles. The number of hydrogen-bond acceptors (Lipinski definition) is 1. The minimum Gasteiger partial charge on any atom is -0.310 e. The largest absolute Gasteiger partial charge is 0.310 e. The highest BCUT2D eigenvalue weighted by Crippen LogP contribution is 2.34. The van der Waals surface area contributed by atoms with Gasteiger partial charge in [0.25, 0.3) is 0 Å². The van der Waals surface area contributed by atoms with Gasteiger partial charge in [-0.3, -0.25) is 0 Å². The van der Waals surface area contributed by atoms with Crippen LogP contribution in [0.25, 0.3) is 0 Å². The molecule has 2 rings (SSSR count). The van der Waals surface area contributed by atoms with Crippen LogP contribution in [0, 0.1) is 0 Å². The molecular weight excluding hydrogens is 218 g/mol. The molecule has 18 heavy (non-hydrogen) atoms. The van der Waals surface area contributed by atoms with Crippen LogP contribution >= 0.6 is 0 Å². The summed E-state index contributed by atoms with van der Waals surface area (Å²) in [4.78, 5) is 0. The zero-order valence-corrected chi connectivity index (χ0v) is 12.2. The third-order valence-electron chi connectivity index (χ3n) is 4.27. The molecule has 1 aliphatic rings. The maximum Gasteiger partial charge on any atom is 0.0325 e. The van der Waals surface area contributed by atoms with E-state index in [4.69, 9.17) is 0 Å². The second-order valence-electron chi connectivity index (χ2n) is 5.34. The van der Waals surface area contributed by atoms with E-state index in [2.05, 4.69) is 38.2 Å². The molecule has 0 heterocycles. The summed E-state index contributed by atoms with van der Waals surface area (Å²) in [5, 5.41) is 3.71. The first-order valence-corrected chi connectivity index (χ1v) is 7.68. The Hall–Kier alpha value is -0.820. The Morgan fingerprint density at radius 2 is 1.78 bits per heavy atom. The Morgan fingerprint density at radius 3 is 2.44 bits per heavy atom. The Balaban J connectivity index is 2.51. The van der Waals surface area contributed by atoms with Crippen molar-refractivity contribution in [3.05, 3.63) is 34.4 Å². The van der Waals surface area contributed by atoms with Crippen LogP contribution in [0.3, 0.4) is 0 Å². The van der Waals surface area contributed by atoms with Gasteiger partial charge in [0.2, 0.25) is 0 Å². The van der Waals surface area contributed by atoms with Gasteiger partial charge < -0.3 is 5.32 Å². The Labute approximate surface area is 112 Å². The molecule has 0 bridgehead atoms.